The van der Waals surface area contributed by atoms with E-state index in [-0.39, 0.29) is 31.0 Å². The summed E-state index contributed by atoms with van der Waals surface area (Å²) < 4.78 is 7.84. The number of fused-ring (bicyclic) bond motifs is 1. The minimum absolute atomic E-state index is 0.0919. The maximum atomic E-state index is 13.0. The Morgan fingerprint density at radius 1 is 1.10 bits per heavy atom. The highest BCUT2D eigenvalue weighted by Gasteiger charge is 2.22. The first kappa shape index (κ1) is 19.4. The Kier molecular flexibility index (Phi) is 5.30. The maximum Gasteiger partial charge on any atom is 0.356 e. The molecule has 1 N–H and O–H groups in total. The number of rotatable bonds is 5. The van der Waals surface area contributed by atoms with E-state index in [0.717, 1.165) is 11.1 Å². The van der Waals surface area contributed by atoms with Crippen LogP contribution in [0.25, 0.3) is 6.20 Å². The van der Waals surface area contributed by atoms with Crippen molar-refractivity contribution in [3.8, 4) is 0 Å². The molecule has 0 unspecified atom stereocenters. The van der Waals surface area contributed by atoms with Crippen LogP contribution in [0.2, 0.25) is 0 Å². The van der Waals surface area contributed by atoms with Crippen LogP contribution >= 0.6 is 0 Å². The molecule has 0 aliphatic carbocycles. The van der Waals surface area contributed by atoms with Gasteiger partial charge in [-0.2, -0.15) is 0 Å². The first-order valence-corrected chi connectivity index (χ1v) is 9.45. The largest absolute Gasteiger partial charge is 0.456 e. The average Bonchev–Trinajstić information content (AvgIpc) is 2.80. The number of pyridine rings is 1. The average molecular weight is 404 g/mol. The number of benzene rings is 1. The van der Waals surface area contributed by atoms with Crippen molar-refractivity contribution in [2.24, 2.45) is 0 Å². The van der Waals surface area contributed by atoms with Crippen molar-refractivity contribution in [2.45, 2.75) is 26.6 Å². The predicted molar refractivity (Wildman–Crippen MR) is 110 cm³/mol. The van der Waals surface area contributed by atoms with Crippen molar-refractivity contribution in [3.05, 3.63) is 104 Å². The Labute approximate surface area is 172 Å². The highest BCUT2D eigenvalue weighted by molar-refractivity contribution is 5.91. The molecule has 0 saturated heterocycles. The molecule has 0 radical (unpaired) electrons. The van der Waals surface area contributed by atoms with Gasteiger partial charge in [-0.15, -0.1) is 0 Å². The molecule has 1 aliphatic heterocycles. The molecular formula is C22H20N4O4. The zero-order valence-electron chi connectivity index (χ0n) is 16.4. The maximum absolute atomic E-state index is 13.0. The van der Waals surface area contributed by atoms with Crippen LogP contribution < -0.4 is 16.6 Å². The highest BCUT2D eigenvalue weighted by atomic mass is 16.5. The summed E-state index contributed by atoms with van der Waals surface area (Å²) in [6, 6.07) is 12.8. The van der Waals surface area contributed by atoms with Crippen LogP contribution in [0.15, 0.2) is 70.1 Å². The molecule has 1 aromatic carbocycles. The van der Waals surface area contributed by atoms with Gasteiger partial charge in [-0.05, 0) is 30.2 Å². The lowest BCUT2D eigenvalue weighted by molar-refractivity contribution is -0.140. The van der Waals surface area contributed by atoms with E-state index in [0.29, 0.717) is 11.3 Å². The van der Waals surface area contributed by atoms with Crippen molar-refractivity contribution in [2.75, 3.05) is 0 Å². The fraction of sp³-hybridized carbons (Fsp3) is 0.182. The van der Waals surface area contributed by atoms with Crippen molar-refractivity contribution in [3.63, 3.8) is 0 Å². The molecule has 0 saturated carbocycles. The Balaban J connectivity index is 1.64. The van der Waals surface area contributed by atoms with Crippen molar-refractivity contribution < 1.29 is 9.53 Å². The van der Waals surface area contributed by atoms with Crippen LogP contribution in [0.5, 0.6) is 0 Å². The van der Waals surface area contributed by atoms with Gasteiger partial charge in [-0.3, -0.25) is 18.9 Å². The second kappa shape index (κ2) is 8.20. The Morgan fingerprint density at radius 2 is 1.83 bits per heavy atom. The van der Waals surface area contributed by atoms with Gasteiger partial charge in [-0.25, -0.2) is 9.59 Å². The van der Waals surface area contributed by atoms with Crippen molar-refractivity contribution in [1.82, 2.24) is 19.4 Å². The number of aromatic nitrogens is 3. The third-order valence-electron chi connectivity index (χ3n) is 4.95. The summed E-state index contributed by atoms with van der Waals surface area (Å²) in [4.78, 5) is 42.2. The molecule has 0 atom stereocenters. The zero-order chi connectivity index (χ0) is 21.1. The number of esters is 1. The number of ether oxygens (including phenoxy) is 1. The second-order valence-corrected chi connectivity index (χ2v) is 6.93. The number of hydrogen-bond acceptors (Lipinski definition) is 6. The quantitative estimate of drug-likeness (QED) is 0.646. The van der Waals surface area contributed by atoms with Gasteiger partial charge >= 0.3 is 11.7 Å². The van der Waals surface area contributed by atoms with Gasteiger partial charge in [0.25, 0.3) is 5.56 Å². The molecule has 4 rings (SSSR count). The van der Waals surface area contributed by atoms with Crippen LogP contribution in [-0.2, 0) is 29.2 Å². The van der Waals surface area contributed by atoms with Crippen LogP contribution in [0, 0.1) is 6.92 Å². The third kappa shape index (κ3) is 3.80. The van der Waals surface area contributed by atoms with E-state index in [4.69, 9.17) is 4.74 Å². The molecule has 0 spiro atoms. The van der Waals surface area contributed by atoms with E-state index >= 15 is 0 Å². The molecule has 3 aromatic rings. The minimum atomic E-state index is -0.581. The summed E-state index contributed by atoms with van der Waals surface area (Å²) >= 11 is 0. The SMILES string of the molecule is Cc1c2n(c(=O)n(Cc3ccccc3)c1=O)C=C(C(=O)OCc1ccncc1)NC2. The molecule has 8 heteroatoms. The number of nitrogens with one attached hydrogen (secondary N) is 1. The molecule has 152 valence electrons. The van der Waals surface area contributed by atoms with Gasteiger partial charge in [0.2, 0.25) is 0 Å². The monoisotopic (exact) mass is 404 g/mol. The summed E-state index contributed by atoms with van der Waals surface area (Å²) in [6.45, 7) is 2.10. The highest BCUT2D eigenvalue weighted by Crippen LogP contribution is 2.12. The Hall–Kier alpha value is -3.94. The summed E-state index contributed by atoms with van der Waals surface area (Å²) in [5.41, 5.74) is 1.95. The molecule has 0 bridgehead atoms. The van der Waals surface area contributed by atoms with E-state index in [1.54, 1.807) is 31.5 Å². The standard InChI is InChI=1S/C22H20N4O4/c1-15-19-11-24-18(21(28)30-14-17-7-9-23-10-8-17)13-25(19)22(29)26(20(15)27)12-16-5-3-2-4-6-16/h2-10,13,24H,11-12,14H2,1H3. The summed E-state index contributed by atoms with van der Waals surface area (Å²) in [7, 11) is 0. The van der Waals surface area contributed by atoms with E-state index in [9.17, 15) is 14.4 Å². The number of nitrogens with zero attached hydrogens (tertiary/aromatic N) is 3. The molecular weight excluding hydrogens is 384 g/mol. The molecule has 2 aromatic heterocycles. The van der Waals surface area contributed by atoms with Gasteiger partial charge in [0, 0.05) is 24.2 Å². The lowest BCUT2D eigenvalue weighted by Gasteiger charge is -2.22. The lowest BCUT2D eigenvalue weighted by Crippen LogP contribution is -2.44. The fourth-order valence-corrected chi connectivity index (χ4v) is 3.28. The van der Waals surface area contributed by atoms with E-state index in [2.05, 4.69) is 10.3 Å². The second-order valence-electron chi connectivity index (χ2n) is 6.93. The van der Waals surface area contributed by atoms with Crippen molar-refractivity contribution >= 4 is 12.2 Å². The summed E-state index contributed by atoms with van der Waals surface area (Å²) in [5, 5.41) is 2.94. The number of carbonyl (C=O) groups excluding carboxylic acids is 1. The van der Waals surface area contributed by atoms with Crippen LogP contribution in [-0.4, -0.2) is 20.1 Å². The van der Waals surface area contributed by atoms with Crippen molar-refractivity contribution in [1.29, 1.82) is 0 Å². The summed E-state index contributed by atoms with van der Waals surface area (Å²) in [6.07, 6.45) is 4.63. The smallest absolute Gasteiger partial charge is 0.356 e. The van der Waals surface area contributed by atoms with Gasteiger partial charge in [0.1, 0.15) is 12.3 Å². The fourth-order valence-electron chi connectivity index (χ4n) is 3.28. The zero-order valence-corrected chi connectivity index (χ0v) is 16.4. The minimum Gasteiger partial charge on any atom is -0.456 e. The van der Waals surface area contributed by atoms with E-state index in [1.807, 2.05) is 30.3 Å². The normalized spacial score (nSPS) is 12.5. The molecule has 8 nitrogen and oxygen atoms in total. The van der Waals surface area contributed by atoms with Gasteiger partial charge in [0.15, 0.2) is 0 Å². The molecule has 3 heterocycles. The number of hydrogen-bond donors (Lipinski definition) is 1. The first-order chi connectivity index (χ1) is 14.5. The van der Waals surface area contributed by atoms with Gasteiger partial charge < -0.3 is 10.1 Å². The lowest BCUT2D eigenvalue weighted by atomic mass is 10.2. The first-order valence-electron chi connectivity index (χ1n) is 9.45. The van der Waals surface area contributed by atoms with Gasteiger partial charge in [-0.1, -0.05) is 30.3 Å². The van der Waals surface area contributed by atoms with Crippen LogP contribution in [0.3, 0.4) is 0 Å². The topological polar surface area (TPSA) is 95.2 Å². The number of carbonyl (C=O) groups is 1. The molecule has 0 fully saturated rings. The molecule has 30 heavy (non-hydrogen) atoms. The Morgan fingerprint density at radius 3 is 2.57 bits per heavy atom. The van der Waals surface area contributed by atoms with Gasteiger partial charge in [0.05, 0.1) is 18.8 Å². The van der Waals surface area contributed by atoms with Crippen LogP contribution in [0.4, 0.5) is 0 Å². The van der Waals surface area contributed by atoms with E-state index in [1.165, 1.54) is 15.3 Å². The third-order valence-corrected chi connectivity index (χ3v) is 4.95. The summed E-state index contributed by atoms with van der Waals surface area (Å²) in [5.74, 6) is -0.581. The van der Waals surface area contributed by atoms with E-state index < -0.39 is 11.7 Å². The van der Waals surface area contributed by atoms with Crippen LogP contribution in [0.1, 0.15) is 22.4 Å². The predicted octanol–water partition coefficient (Wildman–Crippen LogP) is 1.41. The molecule has 1 aliphatic rings. The molecule has 0 amide bonds. The Bertz CT molecular complexity index is 1230.